The Bertz CT molecular complexity index is 936. The molecule has 2 aromatic carbocycles. The standard InChI is InChI=1S/C21H20N2O4S/c1-4-27-17-11-9-16(10-12-17)23-19(24)18(22(2)21(23)28)13-14-5-7-15(8-6-14)20(25)26-3/h5-13H,4H2,1-3H3/b18-13-. The second-order valence-corrected chi connectivity index (χ2v) is 6.42. The van der Waals surface area contributed by atoms with E-state index in [0.717, 1.165) is 11.3 Å². The third-order valence-corrected chi connectivity index (χ3v) is 4.76. The van der Waals surface area contributed by atoms with Crippen LogP contribution in [0.5, 0.6) is 5.75 Å². The van der Waals surface area contributed by atoms with Gasteiger partial charge in [0.2, 0.25) is 0 Å². The van der Waals surface area contributed by atoms with Gasteiger partial charge in [0, 0.05) is 7.05 Å². The van der Waals surface area contributed by atoms with Crippen LogP contribution in [0.3, 0.4) is 0 Å². The van der Waals surface area contributed by atoms with E-state index in [1.807, 2.05) is 19.1 Å². The van der Waals surface area contributed by atoms with Gasteiger partial charge in [-0.2, -0.15) is 0 Å². The van der Waals surface area contributed by atoms with Crippen LogP contribution in [0.15, 0.2) is 54.2 Å². The predicted octanol–water partition coefficient (Wildman–Crippen LogP) is 3.48. The van der Waals surface area contributed by atoms with Crippen molar-refractivity contribution in [3.05, 3.63) is 65.4 Å². The van der Waals surface area contributed by atoms with Gasteiger partial charge in [-0.15, -0.1) is 0 Å². The SMILES string of the molecule is CCOc1ccc(N2C(=O)/C(=C/c3ccc(C(=O)OC)cc3)N(C)C2=S)cc1. The van der Waals surface area contributed by atoms with E-state index in [1.165, 1.54) is 12.0 Å². The van der Waals surface area contributed by atoms with E-state index in [9.17, 15) is 9.59 Å². The van der Waals surface area contributed by atoms with E-state index in [2.05, 4.69) is 0 Å². The maximum Gasteiger partial charge on any atom is 0.337 e. The number of methoxy groups -OCH3 is 1. The summed E-state index contributed by atoms with van der Waals surface area (Å²) in [5.41, 5.74) is 2.35. The van der Waals surface area contributed by atoms with Crippen molar-refractivity contribution in [3.8, 4) is 5.75 Å². The Hall–Kier alpha value is -3.19. The van der Waals surface area contributed by atoms with Crippen LogP contribution in [0.25, 0.3) is 6.08 Å². The Morgan fingerprint density at radius 2 is 1.75 bits per heavy atom. The number of thiocarbonyl (C=S) groups is 1. The largest absolute Gasteiger partial charge is 0.494 e. The maximum atomic E-state index is 13.0. The molecule has 6 nitrogen and oxygen atoms in total. The molecule has 1 amide bonds. The summed E-state index contributed by atoms with van der Waals surface area (Å²) in [4.78, 5) is 27.7. The highest BCUT2D eigenvalue weighted by atomic mass is 32.1. The second kappa shape index (κ2) is 8.22. The molecule has 1 saturated heterocycles. The number of carbonyl (C=O) groups excluding carboxylic acids is 2. The van der Waals surface area contributed by atoms with E-state index in [-0.39, 0.29) is 5.91 Å². The number of nitrogens with zero attached hydrogens (tertiary/aromatic N) is 2. The fourth-order valence-electron chi connectivity index (χ4n) is 2.83. The first kappa shape index (κ1) is 19.6. The molecule has 1 fully saturated rings. The van der Waals surface area contributed by atoms with E-state index in [0.29, 0.717) is 28.7 Å². The molecule has 1 heterocycles. The number of esters is 1. The van der Waals surface area contributed by atoms with Gasteiger partial charge in [-0.3, -0.25) is 9.69 Å². The van der Waals surface area contributed by atoms with Crippen LogP contribution in [0.4, 0.5) is 5.69 Å². The summed E-state index contributed by atoms with van der Waals surface area (Å²) in [5, 5.41) is 0.395. The molecular formula is C21H20N2O4S. The molecule has 0 aliphatic carbocycles. The lowest BCUT2D eigenvalue weighted by Gasteiger charge is -2.16. The molecule has 1 aliphatic heterocycles. The normalized spacial score (nSPS) is 15.3. The van der Waals surface area contributed by atoms with Crippen LogP contribution >= 0.6 is 12.2 Å². The molecule has 0 bridgehead atoms. The molecule has 7 heteroatoms. The maximum absolute atomic E-state index is 13.0. The third kappa shape index (κ3) is 3.75. The molecule has 0 radical (unpaired) electrons. The van der Waals surface area contributed by atoms with Crippen LogP contribution in [-0.4, -0.2) is 42.7 Å². The van der Waals surface area contributed by atoms with Gasteiger partial charge in [-0.05, 0) is 67.2 Å². The number of anilines is 1. The molecule has 0 saturated carbocycles. The zero-order valence-corrected chi connectivity index (χ0v) is 16.7. The molecule has 0 aromatic heterocycles. The smallest absolute Gasteiger partial charge is 0.337 e. The van der Waals surface area contributed by atoms with Crippen molar-refractivity contribution >= 4 is 41.0 Å². The molecule has 0 spiro atoms. The Morgan fingerprint density at radius 3 is 2.32 bits per heavy atom. The molecule has 28 heavy (non-hydrogen) atoms. The summed E-state index contributed by atoms with van der Waals surface area (Å²) in [5.74, 6) is 0.114. The molecule has 0 N–H and O–H groups in total. The highest BCUT2D eigenvalue weighted by Gasteiger charge is 2.36. The number of carbonyl (C=O) groups is 2. The summed E-state index contributed by atoms with van der Waals surface area (Å²) >= 11 is 5.47. The molecule has 144 valence electrons. The van der Waals surface area contributed by atoms with Crippen molar-refractivity contribution in [3.63, 3.8) is 0 Å². The Balaban J connectivity index is 1.87. The molecule has 1 aliphatic rings. The fourth-order valence-corrected chi connectivity index (χ4v) is 3.12. The zero-order valence-electron chi connectivity index (χ0n) is 15.8. The third-order valence-electron chi connectivity index (χ3n) is 4.30. The average molecular weight is 396 g/mol. The van der Waals surface area contributed by atoms with Gasteiger partial charge in [0.05, 0.1) is 25.0 Å². The fraction of sp³-hybridized carbons (Fsp3) is 0.190. The lowest BCUT2D eigenvalue weighted by molar-refractivity contribution is -0.114. The van der Waals surface area contributed by atoms with Gasteiger partial charge in [0.1, 0.15) is 11.4 Å². The first-order chi connectivity index (χ1) is 13.5. The zero-order chi connectivity index (χ0) is 20.3. The van der Waals surface area contributed by atoms with E-state index >= 15 is 0 Å². The molecule has 0 unspecified atom stereocenters. The topological polar surface area (TPSA) is 59.1 Å². The molecule has 0 atom stereocenters. The van der Waals surface area contributed by atoms with Crippen LogP contribution in [0.2, 0.25) is 0 Å². The molecule has 2 aromatic rings. The molecule has 3 rings (SSSR count). The minimum Gasteiger partial charge on any atom is -0.494 e. The van der Waals surface area contributed by atoms with Gasteiger partial charge in [0.25, 0.3) is 5.91 Å². The first-order valence-electron chi connectivity index (χ1n) is 8.71. The van der Waals surface area contributed by atoms with Crippen molar-refractivity contribution in [2.45, 2.75) is 6.92 Å². The second-order valence-electron chi connectivity index (χ2n) is 6.05. The van der Waals surface area contributed by atoms with Crippen molar-refractivity contribution in [1.29, 1.82) is 0 Å². The summed E-state index contributed by atoms with van der Waals surface area (Å²) < 4.78 is 10.1. The van der Waals surface area contributed by atoms with E-state index in [4.69, 9.17) is 21.7 Å². The van der Waals surface area contributed by atoms with Gasteiger partial charge in [-0.25, -0.2) is 4.79 Å². The quantitative estimate of drug-likeness (QED) is 0.438. The van der Waals surface area contributed by atoms with Gasteiger partial charge >= 0.3 is 5.97 Å². The van der Waals surface area contributed by atoms with Crippen LogP contribution < -0.4 is 9.64 Å². The van der Waals surface area contributed by atoms with Gasteiger partial charge in [-0.1, -0.05) is 12.1 Å². The first-order valence-corrected chi connectivity index (χ1v) is 9.12. The van der Waals surface area contributed by atoms with Gasteiger partial charge < -0.3 is 14.4 Å². The van der Waals surface area contributed by atoms with Crippen molar-refractivity contribution < 1.29 is 19.1 Å². The molecular weight excluding hydrogens is 376 g/mol. The number of ether oxygens (including phenoxy) is 2. The number of hydrogen-bond donors (Lipinski definition) is 0. The number of hydrogen-bond acceptors (Lipinski definition) is 5. The Kier molecular flexibility index (Phi) is 5.75. The van der Waals surface area contributed by atoms with Gasteiger partial charge in [0.15, 0.2) is 5.11 Å². The van der Waals surface area contributed by atoms with E-state index in [1.54, 1.807) is 54.4 Å². The van der Waals surface area contributed by atoms with Crippen molar-refractivity contribution in [2.24, 2.45) is 0 Å². The number of amides is 1. The lowest BCUT2D eigenvalue weighted by Crippen LogP contribution is -2.31. The van der Waals surface area contributed by atoms with Crippen LogP contribution in [0, 0.1) is 0 Å². The lowest BCUT2D eigenvalue weighted by atomic mass is 10.1. The van der Waals surface area contributed by atoms with Crippen LogP contribution in [-0.2, 0) is 9.53 Å². The Morgan fingerprint density at radius 1 is 1.11 bits per heavy atom. The summed E-state index contributed by atoms with van der Waals surface area (Å²) in [6, 6.07) is 14.0. The summed E-state index contributed by atoms with van der Waals surface area (Å²) in [6.07, 6.45) is 1.74. The monoisotopic (exact) mass is 396 g/mol. The number of likely N-dealkylation sites (N-methyl/N-ethyl adjacent to an activating group) is 1. The minimum absolute atomic E-state index is 0.214. The highest BCUT2D eigenvalue weighted by Crippen LogP contribution is 2.29. The predicted molar refractivity (Wildman–Crippen MR) is 111 cm³/mol. The minimum atomic E-state index is -0.406. The van der Waals surface area contributed by atoms with Crippen molar-refractivity contribution in [1.82, 2.24) is 4.90 Å². The number of rotatable bonds is 5. The Labute approximate surface area is 169 Å². The average Bonchev–Trinajstić information content (AvgIpc) is 2.92. The van der Waals surface area contributed by atoms with Crippen LogP contribution in [0.1, 0.15) is 22.8 Å². The highest BCUT2D eigenvalue weighted by molar-refractivity contribution is 7.80. The van der Waals surface area contributed by atoms with E-state index < -0.39 is 5.97 Å². The summed E-state index contributed by atoms with van der Waals surface area (Å²) in [7, 11) is 3.09. The number of benzene rings is 2. The van der Waals surface area contributed by atoms with Crippen molar-refractivity contribution in [2.75, 3.05) is 25.7 Å². The summed E-state index contributed by atoms with van der Waals surface area (Å²) in [6.45, 7) is 2.49.